The molecule has 0 bridgehead atoms. The minimum Gasteiger partial charge on any atom is -0.371 e. The van der Waals surface area contributed by atoms with Gasteiger partial charge in [-0.1, -0.05) is 20.8 Å². The Balaban J connectivity index is 1.92. The number of likely N-dealkylation sites (tertiary alicyclic amines) is 1. The molecule has 3 nitrogen and oxygen atoms in total. The van der Waals surface area contributed by atoms with Crippen LogP contribution in [0.15, 0.2) is 0 Å². The number of nitrogens with zero attached hydrogens (tertiary/aromatic N) is 1. The molecule has 0 radical (unpaired) electrons. The van der Waals surface area contributed by atoms with E-state index in [1.807, 2.05) is 4.90 Å². The van der Waals surface area contributed by atoms with E-state index >= 15 is 0 Å². The van der Waals surface area contributed by atoms with Crippen LogP contribution in [-0.2, 0) is 9.53 Å². The first-order valence-corrected chi connectivity index (χ1v) is 5.36. The van der Waals surface area contributed by atoms with Crippen molar-refractivity contribution in [3.63, 3.8) is 0 Å². The molecule has 1 amide bonds. The number of carbonyl (C=O) groups excluding carboxylic acids is 1. The van der Waals surface area contributed by atoms with Gasteiger partial charge in [0.05, 0.1) is 12.7 Å². The molecule has 80 valence electrons. The molecule has 14 heavy (non-hydrogen) atoms. The molecule has 0 aliphatic carbocycles. The van der Waals surface area contributed by atoms with Gasteiger partial charge in [-0.2, -0.15) is 0 Å². The molecule has 2 atom stereocenters. The normalized spacial score (nSPS) is 32.5. The second-order valence-electron chi connectivity index (χ2n) is 5.52. The average molecular weight is 197 g/mol. The minimum absolute atomic E-state index is 0.245. The second kappa shape index (κ2) is 3.23. The third-order valence-electron chi connectivity index (χ3n) is 3.27. The summed E-state index contributed by atoms with van der Waals surface area (Å²) >= 11 is 0. The first-order valence-electron chi connectivity index (χ1n) is 5.36. The van der Waals surface area contributed by atoms with Crippen molar-refractivity contribution in [2.45, 2.75) is 33.3 Å². The van der Waals surface area contributed by atoms with Crippen LogP contribution in [0.4, 0.5) is 0 Å². The molecule has 3 heteroatoms. The maximum Gasteiger partial charge on any atom is 0.223 e. The number of ether oxygens (including phenoxy) is 1. The van der Waals surface area contributed by atoms with Gasteiger partial charge in [-0.05, 0) is 11.3 Å². The predicted octanol–water partition coefficient (Wildman–Crippen LogP) is 1.28. The van der Waals surface area contributed by atoms with Gasteiger partial charge < -0.3 is 9.64 Å². The van der Waals surface area contributed by atoms with Crippen molar-refractivity contribution in [3.05, 3.63) is 0 Å². The van der Waals surface area contributed by atoms with E-state index in [2.05, 4.69) is 20.8 Å². The highest BCUT2D eigenvalue weighted by Crippen LogP contribution is 2.34. The Labute approximate surface area is 85.4 Å². The summed E-state index contributed by atoms with van der Waals surface area (Å²) in [5, 5.41) is 0. The largest absolute Gasteiger partial charge is 0.371 e. The molecule has 0 aromatic heterocycles. The summed E-state index contributed by atoms with van der Waals surface area (Å²) in [5.74, 6) is 0.814. The average Bonchev–Trinajstić information content (AvgIpc) is 2.76. The van der Waals surface area contributed by atoms with Crippen molar-refractivity contribution in [1.82, 2.24) is 4.90 Å². The van der Waals surface area contributed by atoms with Gasteiger partial charge in [0.15, 0.2) is 0 Å². The van der Waals surface area contributed by atoms with Crippen molar-refractivity contribution in [2.24, 2.45) is 11.3 Å². The smallest absolute Gasteiger partial charge is 0.223 e. The standard InChI is InChI=1S/C11H19NO2/c1-11(2,3)8-4-10(13)12(5-8)6-9-7-14-9/h8-9H,4-7H2,1-3H3/t8?,9-/m1/s1. The van der Waals surface area contributed by atoms with Gasteiger partial charge >= 0.3 is 0 Å². The highest BCUT2D eigenvalue weighted by molar-refractivity contribution is 5.78. The quantitative estimate of drug-likeness (QED) is 0.625. The van der Waals surface area contributed by atoms with E-state index in [4.69, 9.17) is 4.74 Å². The Morgan fingerprint density at radius 1 is 1.50 bits per heavy atom. The van der Waals surface area contributed by atoms with Crippen LogP contribution in [-0.4, -0.2) is 36.6 Å². The van der Waals surface area contributed by atoms with E-state index in [1.54, 1.807) is 0 Å². The zero-order chi connectivity index (χ0) is 10.3. The monoisotopic (exact) mass is 197 g/mol. The summed E-state index contributed by atoms with van der Waals surface area (Å²) in [6.45, 7) is 9.20. The molecule has 0 spiro atoms. The van der Waals surface area contributed by atoms with Crippen LogP contribution >= 0.6 is 0 Å². The highest BCUT2D eigenvalue weighted by Gasteiger charge is 2.39. The maximum absolute atomic E-state index is 11.7. The third-order valence-corrected chi connectivity index (χ3v) is 3.27. The van der Waals surface area contributed by atoms with E-state index in [0.717, 1.165) is 26.1 Å². The third kappa shape index (κ3) is 2.08. The molecular weight excluding hydrogens is 178 g/mol. The molecule has 2 saturated heterocycles. The summed E-state index contributed by atoms with van der Waals surface area (Å²) < 4.78 is 5.15. The molecule has 2 aliphatic heterocycles. The molecule has 2 heterocycles. The van der Waals surface area contributed by atoms with Crippen LogP contribution in [0.1, 0.15) is 27.2 Å². The van der Waals surface area contributed by atoms with E-state index in [-0.39, 0.29) is 5.41 Å². The van der Waals surface area contributed by atoms with Crippen molar-refractivity contribution in [1.29, 1.82) is 0 Å². The molecule has 1 unspecified atom stereocenters. The summed E-state index contributed by atoms with van der Waals surface area (Å²) in [7, 11) is 0. The minimum atomic E-state index is 0.245. The predicted molar refractivity (Wildman–Crippen MR) is 53.9 cm³/mol. The number of rotatable bonds is 2. The molecule has 0 saturated carbocycles. The van der Waals surface area contributed by atoms with Crippen LogP contribution in [0.5, 0.6) is 0 Å². The fourth-order valence-electron chi connectivity index (χ4n) is 1.95. The molecule has 0 aromatic carbocycles. The van der Waals surface area contributed by atoms with Crippen LogP contribution in [0.3, 0.4) is 0 Å². The van der Waals surface area contributed by atoms with E-state index < -0.39 is 0 Å². The molecule has 2 aliphatic rings. The fraction of sp³-hybridized carbons (Fsp3) is 0.909. The molecule has 0 N–H and O–H groups in total. The van der Waals surface area contributed by atoms with Crippen molar-refractivity contribution >= 4 is 5.91 Å². The number of hydrogen-bond donors (Lipinski definition) is 0. The SMILES string of the molecule is CC(C)(C)C1CC(=O)N(C[C@@H]2CO2)C1. The Bertz CT molecular complexity index is 240. The van der Waals surface area contributed by atoms with Crippen LogP contribution < -0.4 is 0 Å². The zero-order valence-corrected chi connectivity index (χ0v) is 9.25. The van der Waals surface area contributed by atoms with E-state index in [1.165, 1.54) is 0 Å². The number of amides is 1. The van der Waals surface area contributed by atoms with Crippen LogP contribution in [0.2, 0.25) is 0 Å². The highest BCUT2D eigenvalue weighted by atomic mass is 16.6. The molecular formula is C11H19NO2. The summed E-state index contributed by atoms with van der Waals surface area (Å²) in [6.07, 6.45) is 1.05. The summed E-state index contributed by atoms with van der Waals surface area (Å²) in [6, 6.07) is 0. The number of carbonyl (C=O) groups is 1. The van der Waals surface area contributed by atoms with E-state index in [9.17, 15) is 4.79 Å². The summed E-state index contributed by atoms with van der Waals surface area (Å²) in [4.78, 5) is 13.6. The van der Waals surface area contributed by atoms with E-state index in [0.29, 0.717) is 17.9 Å². The maximum atomic E-state index is 11.7. The lowest BCUT2D eigenvalue weighted by Gasteiger charge is -2.26. The first-order chi connectivity index (χ1) is 6.47. The first kappa shape index (κ1) is 9.97. The van der Waals surface area contributed by atoms with Gasteiger partial charge in [0.2, 0.25) is 5.91 Å². The number of epoxide rings is 1. The zero-order valence-electron chi connectivity index (χ0n) is 9.25. The van der Waals surface area contributed by atoms with Gasteiger partial charge in [-0.25, -0.2) is 0 Å². The van der Waals surface area contributed by atoms with Crippen LogP contribution in [0, 0.1) is 11.3 Å². The fourth-order valence-corrected chi connectivity index (χ4v) is 1.95. The molecule has 2 rings (SSSR count). The van der Waals surface area contributed by atoms with Gasteiger partial charge in [0, 0.05) is 19.5 Å². The Hall–Kier alpha value is -0.570. The lowest BCUT2D eigenvalue weighted by Crippen LogP contribution is -2.30. The van der Waals surface area contributed by atoms with Gasteiger partial charge in [-0.15, -0.1) is 0 Å². The topological polar surface area (TPSA) is 32.8 Å². The lowest BCUT2D eigenvalue weighted by atomic mass is 9.80. The van der Waals surface area contributed by atoms with Gasteiger partial charge in [0.25, 0.3) is 0 Å². The summed E-state index contributed by atoms with van der Waals surface area (Å²) in [5.41, 5.74) is 0.245. The lowest BCUT2D eigenvalue weighted by molar-refractivity contribution is -0.128. The Kier molecular flexibility index (Phi) is 2.30. The molecule has 0 aromatic rings. The van der Waals surface area contributed by atoms with Crippen molar-refractivity contribution < 1.29 is 9.53 Å². The van der Waals surface area contributed by atoms with Gasteiger partial charge in [-0.3, -0.25) is 4.79 Å². The van der Waals surface area contributed by atoms with Gasteiger partial charge in [0.1, 0.15) is 0 Å². The second-order valence-corrected chi connectivity index (χ2v) is 5.52. The molecule has 2 fully saturated rings. The number of hydrogen-bond acceptors (Lipinski definition) is 2. The van der Waals surface area contributed by atoms with Crippen molar-refractivity contribution in [2.75, 3.05) is 19.7 Å². The Morgan fingerprint density at radius 3 is 2.57 bits per heavy atom. The van der Waals surface area contributed by atoms with Crippen LogP contribution in [0.25, 0.3) is 0 Å². The Morgan fingerprint density at radius 2 is 2.14 bits per heavy atom. The van der Waals surface area contributed by atoms with Crippen molar-refractivity contribution in [3.8, 4) is 0 Å².